The van der Waals surface area contributed by atoms with E-state index >= 15 is 0 Å². The largest absolute Gasteiger partial charge is 0.480 e. The van der Waals surface area contributed by atoms with Crippen LogP contribution in [0, 0.1) is 0 Å². The number of rotatable bonds is 4. The molecule has 0 fully saturated rings. The van der Waals surface area contributed by atoms with E-state index in [1.807, 2.05) is 0 Å². The Hall–Kier alpha value is -1.43. The molecule has 1 heterocycles. The fourth-order valence-electron chi connectivity index (χ4n) is 0.990. The molecule has 1 amide bonds. The number of carbonyl (C=O) groups is 2. The fourth-order valence-corrected chi connectivity index (χ4v) is 1.63. The topological polar surface area (TPSA) is 79.3 Å². The lowest BCUT2D eigenvalue weighted by Gasteiger charge is -2.11. The van der Waals surface area contributed by atoms with Gasteiger partial charge >= 0.3 is 5.97 Å². The fraction of sp³-hybridized carbons (Fsp3) is 0.375. The van der Waals surface area contributed by atoms with Crippen LogP contribution in [0.25, 0.3) is 0 Å². The highest BCUT2D eigenvalue weighted by atomic mass is 32.1. The summed E-state index contributed by atoms with van der Waals surface area (Å²) >= 11 is 1.37. The number of carboxylic acids is 1. The summed E-state index contributed by atoms with van der Waals surface area (Å²) in [6, 6.07) is -0.868. The van der Waals surface area contributed by atoms with E-state index in [1.54, 1.807) is 11.7 Å². The van der Waals surface area contributed by atoms with Crippen molar-refractivity contribution < 1.29 is 14.7 Å². The van der Waals surface area contributed by atoms with Crippen LogP contribution in [0.1, 0.15) is 11.8 Å². The molecule has 0 aliphatic heterocycles. The van der Waals surface area contributed by atoms with E-state index in [0.717, 1.165) is 4.88 Å². The highest BCUT2D eigenvalue weighted by Crippen LogP contribution is 2.08. The zero-order valence-corrected chi connectivity index (χ0v) is 8.37. The summed E-state index contributed by atoms with van der Waals surface area (Å²) in [6.07, 6.45) is 1.88. The van der Waals surface area contributed by atoms with Crippen LogP contribution in [0.3, 0.4) is 0 Å². The number of carboxylic acid groups (broad SMARTS) is 1. The van der Waals surface area contributed by atoms with Gasteiger partial charge in [-0.15, -0.1) is 11.3 Å². The van der Waals surface area contributed by atoms with E-state index in [1.165, 1.54) is 18.3 Å². The quantitative estimate of drug-likeness (QED) is 0.754. The highest BCUT2D eigenvalue weighted by molar-refractivity contribution is 7.09. The number of aliphatic carboxylic acids is 1. The van der Waals surface area contributed by atoms with E-state index in [4.69, 9.17) is 5.11 Å². The maximum absolute atomic E-state index is 10.7. The molecular weight excluding hydrogens is 204 g/mol. The van der Waals surface area contributed by atoms with Crippen LogP contribution in [0.5, 0.6) is 0 Å². The summed E-state index contributed by atoms with van der Waals surface area (Å²) in [4.78, 5) is 26.1. The molecule has 0 bridgehead atoms. The third-order valence-corrected chi connectivity index (χ3v) is 2.37. The average molecular weight is 214 g/mol. The second-order valence-electron chi connectivity index (χ2n) is 2.76. The van der Waals surface area contributed by atoms with Crippen molar-refractivity contribution in [2.75, 3.05) is 0 Å². The minimum atomic E-state index is -1.03. The first-order valence-corrected chi connectivity index (χ1v) is 4.85. The van der Waals surface area contributed by atoms with Crippen molar-refractivity contribution in [1.29, 1.82) is 0 Å². The molecule has 14 heavy (non-hydrogen) atoms. The van der Waals surface area contributed by atoms with Gasteiger partial charge in [-0.1, -0.05) is 0 Å². The SMILES string of the molecule is CC(=O)N[C@@H](Cc1cncs1)C(=O)O. The third kappa shape index (κ3) is 3.14. The monoisotopic (exact) mass is 214 g/mol. The van der Waals surface area contributed by atoms with Crippen molar-refractivity contribution in [3.8, 4) is 0 Å². The summed E-state index contributed by atoms with van der Waals surface area (Å²) in [5.74, 6) is -1.38. The predicted octanol–water partition coefficient (Wildman–Crippen LogP) is 0.275. The van der Waals surface area contributed by atoms with Gasteiger partial charge in [-0.25, -0.2) is 4.79 Å². The van der Waals surface area contributed by atoms with Crippen LogP contribution >= 0.6 is 11.3 Å². The lowest BCUT2D eigenvalue weighted by Crippen LogP contribution is -2.40. The molecule has 5 nitrogen and oxygen atoms in total. The summed E-state index contributed by atoms with van der Waals surface area (Å²) in [5, 5.41) is 11.1. The number of hydrogen-bond donors (Lipinski definition) is 2. The van der Waals surface area contributed by atoms with Crippen LogP contribution in [0.4, 0.5) is 0 Å². The molecule has 76 valence electrons. The standard InChI is InChI=1S/C8H10N2O3S/c1-5(11)10-7(8(12)13)2-6-3-9-4-14-6/h3-4,7H,2H2,1H3,(H,10,11)(H,12,13)/t7-/m0/s1. The first kappa shape index (κ1) is 10.6. The number of thiazole rings is 1. The van der Waals surface area contributed by atoms with Gasteiger partial charge in [0.1, 0.15) is 6.04 Å². The lowest BCUT2D eigenvalue weighted by molar-refractivity contribution is -0.141. The minimum absolute atomic E-state index is 0.277. The molecule has 0 aromatic carbocycles. The zero-order chi connectivity index (χ0) is 10.6. The Labute approximate surface area is 84.8 Å². The van der Waals surface area contributed by atoms with Gasteiger partial charge in [-0.2, -0.15) is 0 Å². The molecule has 1 aromatic rings. The van der Waals surface area contributed by atoms with Gasteiger partial charge in [0.15, 0.2) is 0 Å². The molecule has 2 N–H and O–H groups in total. The third-order valence-electron chi connectivity index (χ3n) is 1.56. The summed E-state index contributed by atoms with van der Waals surface area (Å²) in [7, 11) is 0. The normalized spacial score (nSPS) is 12.1. The maximum atomic E-state index is 10.7. The molecule has 0 unspecified atom stereocenters. The molecule has 0 radical (unpaired) electrons. The van der Waals surface area contributed by atoms with E-state index in [9.17, 15) is 9.59 Å². The smallest absolute Gasteiger partial charge is 0.326 e. The van der Waals surface area contributed by atoms with Crippen LogP contribution in [0.15, 0.2) is 11.7 Å². The minimum Gasteiger partial charge on any atom is -0.480 e. The molecule has 0 spiro atoms. The molecule has 6 heteroatoms. The zero-order valence-electron chi connectivity index (χ0n) is 7.56. The number of aromatic nitrogens is 1. The highest BCUT2D eigenvalue weighted by Gasteiger charge is 2.19. The number of nitrogens with zero attached hydrogens (tertiary/aromatic N) is 1. The van der Waals surface area contributed by atoms with Crippen molar-refractivity contribution in [3.05, 3.63) is 16.6 Å². The Morgan fingerprint density at radius 1 is 1.71 bits per heavy atom. The Bertz CT molecular complexity index is 323. The summed E-state index contributed by atoms with van der Waals surface area (Å²) in [5.41, 5.74) is 1.63. The molecule has 1 aromatic heterocycles. The Morgan fingerprint density at radius 3 is 2.86 bits per heavy atom. The summed E-state index contributed by atoms with van der Waals surface area (Å²) < 4.78 is 0. The van der Waals surface area contributed by atoms with Crippen molar-refractivity contribution in [1.82, 2.24) is 10.3 Å². The van der Waals surface area contributed by atoms with Crippen molar-refractivity contribution in [2.24, 2.45) is 0 Å². The Morgan fingerprint density at radius 2 is 2.43 bits per heavy atom. The number of hydrogen-bond acceptors (Lipinski definition) is 4. The summed E-state index contributed by atoms with van der Waals surface area (Å²) in [6.45, 7) is 1.29. The lowest BCUT2D eigenvalue weighted by atomic mass is 10.2. The molecule has 0 saturated heterocycles. The van der Waals surface area contributed by atoms with Crippen LogP contribution in [-0.4, -0.2) is 28.0 Å². The van der Waals surface area contributed by atoms with Gasteiger partial charge in [-0.3, -0.25) is 9.78 Å². The van der Waals surface area contributed by atoms with Gasteiger partial charge in [0.2, 0.25) is 5.91 Å². The van der Waals surface area contributed by atoms with E-state index in [0.29, 0.717) is 0 Å². The van der Waals surface area contributed by atoms with Gasteiger partial charge in [0.25, 0.3) is 0 Å². The van der Waals surface area contributed by atoms with Gasteiger partial charge in [0, 0.05) is 24.4 Å². The van der Waals surface area contributed by atoms with Gasteiger partial charge in [0.05, 0.1) is 5.51 Å². The number of carbonyl (C=O) groups excluding carboxylic acids is 1. The van der Waals surface area contributed by atoms with Crippen LogP contribution < -0.4 is 5.32 Å². The van der Waals surface area contributed by atoms with Crippen LogP contribution in [0.2, 0.25) is 0 Å². The second-order valence-corrected chi connectivity index (χ2v) is 3.73. The molecule has 0 aliphatic rings. The van der Waals surface area contributed by atoms with Gasteiger partial charge in [-0.05, 0) is 0 Å². The Kier molecular flexibility index (Phi) is 3.58. The van der Waals surface area contributed by atoms with E-state index in [-0.39, 0.29) is 12.3 Å². The first-order chi connectivity index (χ1) is 6.59. The number of nitrogens with one attached hydrogen (secondary N) is 1. The maximum Gasteiger partial charge on any atom is 0.326 e. The Balaban J connectivity index is 2.60. The molecule has 1 atom stereocenters. The van der Waals surface area contributed by atoms with Crippen molar-refractivity contribution >= 4 is 23.2 Å². The van der Waals surface area contributed by atoms with E-state index in [2.05, 4.69) is 10.3 Å². The molecule has 1 rings (SSSR count). The molecular formula is C8H10N2O3S. The number of amides is 1. The average Bonchev–Trinajstić information content (AvgIpc) is 2.54. The molecule has 0 saturated carbocycles. The van der Waals surface area contributed by atoms with Crippen LogP contribution in [-0.2, 0) is 16.0 Å². The van der Waals surface area contributed by atoms with Crippen molar-refractivity contribution in [3.63, 3.8) is 0 Å². The van der Waals surface area contributed by atoms with Gasteiger partial charge < -0.3 is 10.4 Å². The van der Waals surface area contributed by atoms with E-state index < -0.39 is 12.0 Å². The molecule has 0 aliphatic carbocycles. The second kappa shape index (κ2) is 4.71. The first-order valence-electron chi connectivity index (χ1n) is 3.97. The predicted molar refractivity (Wildman–Crippen MR) is 51.1 cm³/mol. The van der Waals surface area contributed by atoms with Crippen molar-refractivity contribution in [2.45, 2.75) is 19.4 Å².